The number of fused-ring (bicyclic) bond motifs is 1. The number of nitrogens with zero attached hydrogens (tertiary/aromatic N) is 4. The van der Waals surface area contributed by atoms with E-state index in [1.165, 1.54) is 0 Å². The second-order valence-electron chi connectivity index (χ2n) is 8.18. The van der Waals surface area contributed by atoms with Crippen molar-refractivity contribution >= 4 is 16.9 Å². The zero-order valence-electron chi connectivity index (χ0n) is 19.0. The van der Waals surface area contributed by atoms with Crippen molar-refractivity contribution in [1.82, 2.24) is 30.4 Å². The van der Waals surface area contributed by atoms with E-state index in [-0.39, 0.29) is 11.9 Å². The van der Waals surface area contributed by atoms with Crippen LogP contribution in [0.25, 0.3) is 22.3 Å². The minimum Gasteiger partial charge on any atom is -0.348 e. The van der Waals surface area contributed by atoms with Crippen LogP contribution < -0.4 is 16.4 Å². The number of nitrogens with two attached hydrogens (primary N) is 1. The molecule has 0 radical (unpaired) electrons. The fraction of sp³-hybridized carbons (Fsp3) is 0.280. The number of amides is 1. The van der Waals surface area contributed by atoms with Gasteiger partial charge in [-0.15, -0.1) is 0 Å². The minimum atomic E-state index is -0.162. The lowest BCUT2D eigenvalue weighted by atomic mass is 10.0. The minimum absolute atomic E-state index is 0.116. The van der Waals surface area contributed by atoms with E-state index in [2.05, 4.69) is 32.8 Å². The molecule has 0 unspecified atom stereocenters. The molecular weight excluding hydrogens is 414 g/mol. The lowest BCUT2D eigenvalue weighted by Gasteiger charge is -2.12. The molecule has 3 aromatic heterocycles. The molecule has 0 aliphatic carbocycles. The molecule has 3 heterocycles. The predicted molar refractivity (Wildman–Crippen MR) is 130 cm³/mol. The lowest BCUT2D eigenvalue weighted by molar-refractivity contribution is 0.0952. The third-order valence-corrected chi connectivity index (χ3v) is 5.38. The van der Waals surface area contributed by atoms with Crippen LogP contribution in [0.3, 0.4) is 0 Å². The molecule has 0 spiro atoms. The van der Waals surface area contributed by atoms with Crippen LogP contribution in [-0.4, -0.2) is 38.7 Å². The standard InChI is InChI=1S/C25H29N7O/c1-17(2)32-24-22(16-30-32)21(25(33)29-15-18-6-9-27-10-7-18)13-23(31-24)20-5-3-4-19(12-20)14-28-11-8-26/h3-7,9-10,12-13,16-17,28H,8,11,14-15,26H2,1-2H3,(H,29,33). The number of hydrogen-bond donors (Lipinski definition) is 3. The molecule has 0 saturated carbocycles. The summed E-state index contributed by atoms with van der Waals surface area (Å²) >= 11 is 0. The van der Waals surface area contributed by atoms with Crippen LogP contribution in [0.2, 0.25) is 0 Å². The molecule has 4 N–H and O–H groups in total. The first-order valence-corrected chi connectivity index (χ1v) is 11.1. The van der Waals surface area contributed by atoms with Crippen molar-refractivity contribution in [3.63, 3.8) is 0 Å². The van der Waals surface area contributed by atoms with Gasteiger partial charge in [-0.2, -0.15) is 5.10 Å². The molecule has 170 valence electrons. The third-order valence-electron chi connectivity index (χ3n) is 5.38. The molecule has 0 aliphatic rings. The topological polar surface area (TPSA) is 111 Å². The number of pyridine rings is 2. The fourth-order valence-electron chi connectivity index (χ4n) is 3.69. The summed E-state index contributed by atoms with van der Waals surface area (Å²) in [6.45, 7) is 6.58. The largest absolute Gasteiger partial charge is 0.348 e. The predicted octanol–water partition coefficient (Wildman–Crippen LogP) is 3.05. The van der Waals surface area contributed by atoms with Gasteiger partial charge in [0.25, 0.3) is 5.91 Å². The first kappa shape index (κ1) is 22.6. The smallest absolute Gasteiger partial charge is 0.252 e. The first-order chi connectivity index (χ1) is 16.1. The van der Waals surface area contributed by atoms with E-state index in [0.29, 0.717) is 24.3 Å². The fourth-order valence-corrected chi connectivity index (χ4v) is 3.69. The van der Waals surface area contributed by atoms with Crippen LogP contribution in [0.5, 0.6) is 0 Å². The Morgan fingerprint density at radius 2 is 1.91 bits per heavy atom. The van der Waals surface area contributed by atoms with E-state index < -0.39 is 0 Å². The Morgan fingerprint density at radius 3 is 2.67 bits per heavy atom. The first-order valence-electron chi connectivity index (χ1n) is 11.1. The van der Waals surface area contributed by atoms with Gasteiger partial charge >= 0.3 is 0 Å². The van der Waals surface area contributed by atoms with Crippen LogP contribution in [-0.2, 0) is 13.1 Å². The number of carbonyl (C=O) groups is 1. The van der Waals surface area contributed by atoms with Gasteiger partial charge in [0.15, 0.2) is 5.65 Å². The summed E-state index contributed by atoms with van der Waals surface area (Å²) in [5.41, 5.74) is 10.6. The molecule has 4 rings (SSSR count). The molecule has 0 saturated heterocycles. The molecule has 0 aliphatic heterocycles. The van der Waals surface area contributed by atoms with Crippen molar-refractivity contribution in [3.05, 3.63) is 77.7 Å². The number of hydrogen-bond acceptors (Lipinski definition) is 6. The molecule has 0 bridgehead atoms. The third kappa shape index (κ3) is 5.24. The molecule has 33 heavy (non-hydrogen) atoms. The average molecular weight is 444 g/mol. The molecule has 0 fully saturated rings. The second kappa shape index (κ2) is 10.3. The van der Waals surface area contributed by atoms with Crippen LogP contribution in [0.15, 0.2) is 61.1 Å². The van der Waals surface area contributed by atoms with Crippen molar-refractivity contribution in [2.24, 2.45) is 5.73 Å². The number of carbonyl (C=O) groups excluding carboxylic acids is 1. The number of nitrogens with one attached hydrogen (secondary N) is 2. The zero-order valence-corrected chi connectivity index (χ0v) is 19.0. The van der Waals surface area contributed by atoms with Gasteiger partial charge in [-0.05, 0) is 49.2 Å². The molecule has 8 heteroatoms. The Balaban J connectivity index is 1.71. The van der Waals surface area contributed by atoms with E-state index in [1.807, 2.05) is 48.9 Å². The van der Waals surface area contributed by atoms with Gasteiger partial charge < -0.3 is 16.4 Å². The maximum absolute atomic E-state index is 13.2. The Bertz CT molecular complexity index is 1230. The van der Waals surface area contributed by atoms with Crippen molar-refractivity contribution in [2.75, 3.05) is 13.1 Å². The summed E-state index contributed by atoms with van der Waals surface area (Å²) in [5, 5.41) is 11.6. The number of aromatic nitrogens is 4. The van der Waals surface area contributed by atoms with Gasteiger partial charge in [0, 0.05) is 50.2 Å². The van der Waals surface area contributed by atoms with Crippen LogP contribution >= 0.6 is 0 Å². The van der Waals surface area contributed by atoms with Gasteiger partial charge in [-0.1, -0.05) is 18.2 Å². The van der Waals surface area contributed by atoms with Crippen molar-refractivity contribution in [2.45, 2.75) is 33.0 Å². The summed E-state index contributed by atoms with van der Waals surface area (Å²) in [5.74, 6) is -0.162. The van der Waals surface area contributed by atoms with Crippen molar-refractivity contribution < 1.29 is 4.79 Å². The Labute approximate surface area is 193 Å². The lowest BCUT2D eigenvalue weighted by Crippen LogP contribution is -2.23. The molecule has 4 aromatic rings. The van der Waals surface area contributed by atoms with Crippen molar-refractivity contribution in [3.8, 4) is 11.3 Å². The SMILES string of the molecule is CC(C)n1ncc2c(C(=O)NCc3ccncc3)cc(-c3cccc(CNCCN)c3)nc21. The Hall–Kier alpha value is -3.62. The van der Waals surface area contributed by atoms with Gasteiger partial charge in [-0.3, -0.25) is 9.78 Å². The van der Waals surface area contributed by atoms with Gasteiger partial charge in [0.1, 0.15) is 0 Å². The van der Waals surface area contributed by atoms with Crippen molar-refractivity contribution in [1.29, 1.82) is 0 Å². The van der Waals surface area contributed by atoms with Gasteiger partial charge in [0.05, 0.1) is 22.8 Å². The Morgan fingerprint density at radius 1 is 1.09 bits per heavy atom. The van der Waals surface area contributed by atoms with Crippen LogP contribution in [0.4, 0.5) is 0 Å². The summed E-state index contributed by atoms with van der Waals surface area (Å²) in [4.78, 5) is 22.1. The summed E-state index contributed by atoms with van der Waals surface area (Å²) in [6.07, 6.45) is 5.15. The van der Waals surface area contributed by atoms with E-state index in [4.69, 9.17) is 10.7 Å². The second-order valence-corrected chi connectivity index (χ2v) is 8.18. The van der Waals surface area contributed by atoms with Gasteiger partial charge in [-0.25, -0.2) is 9.67 Å². The molecule has 1 amide bonds. The molecule has 1 aromatic carbocycles. The van der Waals surface area contributed by atoms with Crippen LogP contribution in [0, 0.1) is 0 Å². The maximum Gasteiger partial charge on any atom is 0.252 e. The normalized spacial score (nSPS) is 11.3. The highest BCUT2D eigenvalue weighted by Crippen LogP contribution is 2.27. The van der Waals surface area contributed by atoms with E-state index in [0.717, 1.165) is 40.9 Å². The zero-order chi connectivity index (χ0) is 23.2. The summed E-state index contributed by atoms with van der Waals surface area (Å²) in [7, 11) is 0. The summed E-state index contributed by atoms with van der Waals surface area (Å²) < 4.78 is 1.85. The quantitative estimate of drug-likeness (QED) is 0.343. The molecule has 8 nitrogen and oxygen atoms in total. The maximum atomic E-state index is 13.2. The highest BCUT2D eigenvalue weighted by Gasteiger charge is 2.18. The highest BCUT2D eigenvalue weighted by molar-refractivity contribution is 6.06. The summed E-state index contributed by atoms with van der Waals surface area (Å²) in [6, 6.07) is 13.9. The number of benzene rings is 1. The van der Waals surface area contributed by atoms with E-state index in [1.54, 1.807) is 18.6 Å². The van der Waals surface area contributed by atoms with E-state index in [9.17, 15) is 4.79 Å². The molecular formula is C25H29N7O. The molecule has 0 atom stereocenters. The highest BCUT2D eigenvalue weighted by atomic mass is 16.1. The van der Waals surface area contributed by atoms with Gasteiger partial charge in [0.2, 0.25) is 0 Å². The average Bonchev–Trinajstić information content (AvgIpc) is 3.27. The monoisotopic (exact) mass is 443 g/mol. The van der Waals surface area contributed by atoms with E-state index >= 15 is 0 Å². The Kier molecular flexibility index (Phi) is 7.07. The number of rotatable bonds is 9. The van der Waals surface area contributed by atoms with Crippen LogP contribution in [0.1, 0.15) is 41.4 Å².